The van der Waals surface area contributed by atoms with Crippen LogP contribution in [0.15, 0.2) is 23.3 Å². The van der Waals surface area contributed by atoms with E-state index in [9.17, 15) is 0 Å². The molecule has 0 saturated heterocycles. The maximum absolute atomic E-state index is 3.56. The van der Waals surface area contributed by atoms with Gasteiger partial charge >= 0.3 is 0 Å². The van der Waals surface area contributed by atoms with E-state index in [1.54, 1.807) is 0 Å². The van der Waals surface area contributed by atoms with Gasteiger partial charge in [-0.1, -0.05) is 50.0 Å². The molecule has 2 nitrogen and oxygen atoms in total. The summed E-state index contributed by atoms with van der Waals surface area (Å²) in [7, 11) is 0. The molecule has 1 N–H and O–H groups in total. The van der Waals surface area contributed by atoms with Gasteiger partial charge in [-0.2, -0.15) is 0 Å². The fourth-order valence-electron chi connectivity index (χ4n) is 2.57. The molecular formula is C21H42N2. The summed E-state index contributed by atoms with van der Waals surface area (Å²) in [4.78, 5) is 2.65. The lowest BCUT2D eigenvalue weighted by Gasteiger charge is -2.21. The first-order valence-corrected chi connectivity index (χ1v) is 9.82. The molecule has 0 aliphatic rings. The second kappa shape index (κ2) is 16.3. The third-order valence-corrected chi connectivity index (χ3v) is 4.17. The number of hydrogen-bond acceptors (Lipinski definition) is 2. The zero-order valence-corrected chi connectivity index (χ0v) is 16.6. The molecule has 0 unspecified atom stereocenters. The van der Waals surface area contributed by atoms with Crippen LogP contribution in [0.4, 0.5) is 0 Å². The van der Waals surface area contributed by atoms with Crippen LogP contribution in [0, 0.1) is 0 Å². The Morgan fingerprint density at radius 2 is 1.48 bits per heavy atom. The minimum Gasteiger partial charge on any atom is -0.313 e. The summed E-state index contributed by atoms with van der Waals surface area (Å²) in [5, 5.41) is 3.56. The Bertz CT molecular complexity index is 306. The van der Waals surface area contributed by atoms with Crippen LogP contribution in [-0.4, -0.2) is 37.6 Å². The summed E-state index contributed by atoms with van der Waals surface area (Å²) < 4.78 is 0. The van der Waals surface area contributed by atoms with Gasteiger partial charge in [-0.3, -0.25) is 0 Å². The van der Waals surface area contributed by atoms with E-state index in [0.717, 1.165) is 13.1 Å². The summed E-state index contributed by atoms with van der Waals surface area (Å²) >= 11 is 0. The van der Waals surface area contributed by atoms with Crippen molar-refractivity contribution >= 4 is 0 Å². The van der Waals surface area contributed by atoms with E-state index in [2.05, 4.69) is 57.0 Å². The summed E-state index contributed by atoms with van der Waals surface area (Å²) in [6.07, 6.45) is 13.6. The monoisotopic (exact) mass is 322 g/mol. The molecule has 0 saturated carbocycles. The molecule has 136 valence electrons. The number of nitrogens with zero attached hydrogens (tertiary/aromatic N) is 1. The van der Waals surface area contributed by atoms with Crippen molar-refractivity contribution in [3.05, 3.63) is 23.3 Å². The van der Waals surface area contributed by atoms with Crippen molar-refractivity contribution in [3.8, 4) is 0 Å². The van der Waals surface area contributed by atoms with Gasteiger partial charge in [-0.15, -0.1) is 0 Å². The van der Waals surface area contributed by atoms with Crippen LogP contribution in [-0.2, 0) is 0 Å². The molecule has 0 aliphatic heterocycles. The van der Waals surface area contributed by atoms with Crippen molar-refractivity contribution in [1.82, 2.24) is 10.2 Å². The van der Waals surface area contributed by atoms with Crippen LogP contribution in [0.5, 0.6) is 0 Å². The first kappa shape index (κ1) is 22.4. The maximum atomic E-state index is 3.56. The number of unbranched alkanes of at least 4 members (excludes halogenated alkanes) is 2. The largest absolute Gasteiger partial charge is 0.313 e. The van der Waals surface area contributed by atoms with E-state index in [0.29, 0.717) is 0 Å². The normalized spacial score (nSPS) is 12.0. The molecule has 0 aliphatic carbocycles. The highest BCUT2D eigenvalue weighted by Crippen LogP contribution is 2.06. The highest BCUT2D eigenvalue weighted by molar-refractivity contribution is 5.02. The minimum absolute atomic E-state index is 1.02. The van der Waals surface area contributed by atoms with Gasteiger partial charge in [0, 0.05) is 6.54 Å². The molecule has 0 amide bonds. The molecule has 0 atom stereocenters. The van der Waals surface area contributed by atoms with E-state index in [-0.39, 0.29) is 0 Å². The molecule has 0 radical (unpaired) electrons. The van der Waals surface area contributed by atoms with Crippen LogP contribution in [0.2, 0.25) is 0 Å². The summed E-state index contributed by atoms with van der Waals surface area (Å²) in [5.41, 5.74) is 2.93. The topological polar surface area (TPSA) is 15.3 Å². The van der Waals surface area contributed by atoms with Gasteiger partial charge in [0.1, 0.15) is 0 Å². The highest BCUT2D eigenvalue weighted by atomic mass is 15.1. The third kappa shape index (κ3) is 16.1. The van der Waals surface area contributed by atoms with Crippen LogP contribution >= 0.6 is 0 Å². The number of nitrogens with one attached hydrogen (secondary N) is 1. The van der Waals surface area contributed by atoms with Gasteiger partial charge in [0.2, 0.25) is 0 Å². The van der Waals surface area contributed by atoms with Crippen molar-refractivity contribution in [2.45, 2.75) is 79.6 Å². The van der Waals surface area contributed by atoms with Crippen molar-refractivity contribution in [2.24, 2.45) is 0 Å². The van der Waals surface area contributed by atoms with Gasteiger partial charge in [0.05, 0.1) is 0 Å². The molecule has 2 heteroatoms. The van der Waals surface area contributed by atoms with Crippen LogP contribution in [0.3, 0.4) is 0 Å². The zero-order chi connectivity index (χ0) is 17.3. The summed E-state index contributed by atoms with van der Waals surface area (Å²) in [6, 6.07) is 0. The van der Waals surface area contributed by atoms with E-state index in [1.165, 1.54) is 75.7 Å². The molecule has 0 aromatic heterocycles. The molecule has 0 aromatic rings. The molecule has 0 rings (SSSR count). The van der Waals surface area contributed by atoms with Gasteiger partial charge in [0.25, 0.3) is 0 Å². The van der Waals surface area contributed by atoms with Crippen molar-refractivity contribution in [2.75, 3.05) is 32.7 Å². The Hall–Kier alpha value is -0.600. The smallest absolute Gasteiger partial charge is 0.0137 e. The zero-order valence-electron chi connectivity index (χ0n) is 16.6. The van der Waals surface area contributed by atoms with Gasteiger partial charge < -0.3 is 10.2 Å². The van der Waals surface area contributed by atoms with Crippen LogP contribution in [0.1, 0.15) is 79.6 Å². The molecule has 0 spiro atoms. The Labute approximate surface area is 146 Å². The average molecular weight is 323 g/mol. The number of rotatable bonds is 15. The highest BCUT2D eigenvalue weighted by Gasteiger charge is 2.02. The van der Waals surface area contributed by atoms with Crippen molar-refractivity contribution in [3.63, 3.8) is 0 Å². The lowest BCUT2D eigenvalue weighted by Crippen LogP contribution is -2.29. The second-order valence-corrected chi connectivity index (χ2v) is 6.98. The maximum Gasteiger partial charge on any atom is 0.0137 e. The standard InChI is InChI=1S/C21H42N2/c1-6-8-17-23(18-9-7-2)19-11-15-22-16-14-21(5)13-10-12-20(3)4/h12,14,22H,6-11,13,15-19H2,1-5H3. The van der Waals surface area contributed by atoms with Crippen molar-refractivity contribution in [1.29, 1.82) is 0 Å². The lowest BCUT2D eigenvalue weighted by atomic mass is 10.1. The minimum atomic E-state index is 1.02. The van der Waals surface area contributed by atoms with Gasteiger partial charge in [-0.05, 0) is 79.1 Å². The van der Waals surface area contributed by atoms with Crippen LogP contribution < -0.4 is 5.32 Å². The predicted molar refractivity (Wildman–Crippen MR) is 106 cm³/mol. The Balaban J connectivity index is 3.72. The number of hydrogen-bond donors (Lipinski definition) is 1. The van der Waals surface area contributed by atoms with E-state index in [4.69, 9.17) is 0 Å². The second-order valence-electron chi connectivity index (χ2n) is 6.98. The van der Waals surface area contributed by atoms with E-state index < -0.39 is 0 Å². The SMILES string of the molecule is CCCCN(CCCC)CCCNCC=C(C)CCC=C(C)C. The molecule has 0 aromatic carbocycles. The number of allylic oxidation sites excluding steroid dienone is 3. The fourth-order valence-corrected chi connectivity index (χ4v) is 2.57. The Morgan fingerprint density at radius 3 is 2.04 bits per heavy atom. The molecule has 23 heavy (non-hydrogen) atoms. The molecular weight excluding hydrogens is 280 g/mol. The van der Waals surface area contributed by atoms with Gasteiger partial charge in [0.15, 0.2) is 0 Å². The fraction of sp³-hybridized carbons (Fsp3) is 0.810. The first-order valence-electron chi connectivity index (χ1n) is 9.82. The third-order valence-electron chi connectivity index (χ3n) is 4.17. The Kier molecular flexibility index (Phi) is 15.8. The average Bonchev–Trinajstić information content (AvgIpc) is 2.52. The molecule has 0 bridgehead atoms. The summed E-state index contributed by atoms with van der Waals surface area (Å²) in [6.45, 7) is 17.1. The van der Waals surface area contributed by atoms with E-state index >= 15 is 0 Å². The van der Waals surface area contributed by atoms with Crippen molar-refractivity contribution < 1.29 is 0 Å². The van der Waals surface area contributed by atoms with Gasteiger partial charge in [-0.25, -0.2) is 0 Å². The van der Waals surface area contributed by atoms with E-state index in [1.807, 2.05) is 0 Å². The van der Waals surface area contributed by atoms with Crippen LogP contribution in [0.25, 0.3) is 0 Å². The molecule has 0 heterocycles. The first-order chi connectivity index (χ1) is 11.1. The summed E-state index contributed by atoms with van der Waals surface area (Å²) in [5.74, 6) is 0. The quantitative estimate of drug-likeness (QED) is 0.313. The Morgan fingerprint density at radius 1 is 0.870 bits per heavy atom. The predicted octanol–water partition coefficient (Wildman–Crippen LogP) is 5.56. The molecule has 0 fully saturated rings. The lowest BCUT2D eigenvalue weighted by molar-refractivity contribution is 0.261.